The Bertz CT molecular complexity index is 874. The van der Waals surface area contributed by atoms with Gasteiger partial charge in [-0.15, -0.1) is 0 Å². The monoisotopic (exact) mass is 416 g/mol. The summed E-state index contributed by atoms with van der Waals surface area (Å²) in [4.78, 5) is 3.33. The fourth-order valence-electron chi connectivity index (χ4n) is 3.05. The molecule has 0 fully saturated rings. The van der Waals surface area contributed by atoms with Gasteiger partial charge in [-0.25, -0.2) is 0 Å². The number of aromatic nitrogens is 1. The van der Waals surface area contributed by atoms with Gasteiger partial charge in [-0.3, -0.25) is 0 Å². The first kappa shape index (κ1) is 18.8. The molecule has 1 heterocycles. The Hall–Kier alpha value is -1.98. The van der Waals surface area contributed by atoms with Crippen molar-refractivity contribution >= 4 is 26.8 Å². The summed E-state index contributed by atoms with van der Waals surface area (Å²) in [7, 11) is 1.67. The van der Waals surface area contributed by atoms with Crippen molar-refractivity contribution in [1.82, 2.24) is 10.3 Å². The van der Waals surface area contributed by atoms with Gasteiger partial charge in [0, 0.05) is 33.7 Å². The number of hydrogen-bond acceptors (Lipinski definition) is 3. The van der Waals surface area contributed by atoms with Crippen molar-refractivity contribution in [2.45, 2.75) is 32.9 Å². The largest absolute Gasteiger partial charge is 0.493 e. The van der Waals surface area contributed by atoms with E-state index in [0.717, 1.165) is 34.5 Å². The number of ether oxygens (including phenoxy) is 2. The Kier molecular flexibility index (Phi) is 6.22. The second-order valence-corrected chi connectivity index (χ2v) is 7.36. The molecule has 0 amide bonds. The van der Waals surface area contributed by atoms with Crippen molar-refractivity contribution in [2.24, 2.45) is 0 Å². The molecular formula is C21H25BrN2O2. The summed E-state index contributed by atoms with van der Waals surface area (Å²) in [5.74, 6) is 1.56. The lowest BCUT2D eigenvalue weighted by molar-refractivity contribution is 0.227. The summed E-state index contributed by atoms with van der Waals surface area (Å²) in [6.07, 6.45) is 3.15. The number of halogens is 1. The van der Waals surface area contributed by atoms with Gasteiger partial charge in [0.1, 0.15) is 0 Å². The molecule has 0 aliphatic rings. The molecule has 3 rings (SSSR count). The van der Waals surface area contributed by atoms with Gasteiger partial charge in [-0.1, -0.05) is 34.1 Å². The number of aromatic amines is 1. The van der Waals surface area contributed by atoms with Crippen LogP contribution in [0.4, 0.5) is 0 Å². The topological polar surface area (TPSA) is 46.3 Å². The second kappa shape index (κ2) is 8.60. The molecule has 0 saturated heterocycles. The van der Waals surface area contributed by atoms with E-state index in [1.165, 1.54) is 16.5 Å². The molecule has 26 heavy (non-hydrogen) atoms. The number of methoxy groups -OCH3 is 1. The van der Waals surface area contributed by atoms with E-state index in [1.54, 1.807) is 7.11 Å². The molecule has 2 aromatic carbocycles. The molecule has 0 spiro atoms. The second-order valence-electron chi connectivity index (χ2n) is 6.51. The first-order valence-electron chi connectivity index (χ1n) is 8.88. The third-order valence-electron chi connectivity index (χ3n) is 4.29. The molecule has 0 atom stereocenters. The van der Waals surface area contributed by atoms with Crippen LogP contribution in [0.25, 0.3) is 10.9 Å². The molecule has 0 aliphatic heterocycles. The molecule has 0 aliphatic carbocycles. The van der Waals surface area contributed by atoms with Crippen molar-refractivity contribution in [1.29, 1.82) is 0 Å². The quantitative estimate of drug-likeness (QED) is 0.504. The summed E-state index contributed by atoms with van der Waals surface area (Å²) in [6.45, 7) is 5.64. The average Bonchev–Trinajstić information content (AvgIpc) is 3.03. The number of H-pyrrole nitrogens is 1. The van der Waals surface area contributed by atoms with Gasteiger partial charge in [-0.2, -0.15) is 0 Å². The highest BCUT2D eigenvalue weighted by molar-refractivity contribution is 9.10. The van der Waals surface area contributed by atoms with Crippen LogP contribution in [0.3, 0.4) is 0 Å². The summed E-state index contributed by atoms with van der Waals surface area (Å²) in [6, 6.07) is 12.3. The minimum Gasteiger partial charge on any atom is -0.493 e. The molecule has 0 bridgehead atoms. The fraction of sp³-hybridized carbons (Fsp3) is 0.333. The Morgan fingerprint density at radius 1 is 1.15 bits per heavy atom. The predicted octanol–water partition coefficient (Wildman–Crippen LogP) is 5.06. The van der Waals surface area contributed by atoms with Crippen LogP contribution in [0.1, 0.15) is 25.0 Å². The van der Waals surface area contributed by atoms with E-state index in [9.17, 15) is 0 Å². The van der Waals surface area contributed by atoms with Crippen LogP contribution in [0.2, 0.25) is 0 Å². The number of hydrogen-bond donors (Lipinski definition) is 2. The first-order chi connectivity index (χ1) is 12.6. The van der Waals surface area contributed by atoms with Crippen LogP contribution in [0.15, 0.2) is 47.1 Å². The molecule has 4 nitrogen and oxygen atoms in total. The first-order valence-corrected chi connectivity index (χ1v) is 9.67. The van der Waals surface area contributed by atoms with Gasteiger partial charge < -0.3 is 19.8 Å². The highest BCUT2D eigenvalue weighted by atomic mass is 79.9. The molecule has 0 radical (unpaired) electrons. The van der Waals surface area contributed by atoms with Crippen LogP contribution in [-0.2, 0) is 13.0 Å². The molecular weight excluding hydrogens is 392 g/mol. The summed E-state index contributed by atoms with van der Waals surface area (Å²) < 4.78 is 12.5. The van der Waals surface area contributed by atoms with Gasteiger partial charge in [0.15, 0.2) is 11.5 Å². The van der Waals surface area contributed by atoms with Crippen LogP contribution in [-0.4, -0.2) is 24.7 Å². The van der Waals surface area contributed by atoms with Crippen LogP contribution in [0.5, 0.6) is 11.5 Å². The molecule has 3 aromatic rings. The van der Waals surface area contributed by atoms with E-state index in [-0.39, 0.29) is 6.10 Å². The lowest BCUT2D eigenvalue weighted by Gasteiger charge is -2.19. The average molecular weight is 417 g/mol. The van der Waals surface area contributed by atoms with Crippen molar-refractivity contribution in [3.05, 3.63) is 58.2 Å². The van der Waals surface area contributed by atoms with E-state index in [2.05, 4.69) is 56.7 Å². The third kappa shape index (κ3) is 4.22. The van der Waals surface area contributed by atoms with Gasteiger partial charge in [0.2, 0.25) is 0 Å². The molecule has 0 saturated carbocycles. The van der Waals surface area contributed by atoms with Crippen molar-refractivity contribution in [3.8, 4) is 11.5 Å². The molecule has 1 aromatic heterocycles. The number of rotatable bonds is 8. The summed E-state index contributed by atoms with van der Waals surface area (Å²) >= 11 is 3.64. The highest BCUT2D eigenvalue weighted by Gasteiger charge is 2.15. The highest BCUT2D eigenvalue weighted by Crippen LogP contribution is 2.36. The van der Waals surface area contributed by atoms with Crippen molar-refractivity contribution in [2.75, 3.05) is 13.7 Å². The van der Waals surface area contributed by atoms with E-state index in [1.807, 2.05) is 26.0 Å². The van der Waals surface area contributed by atoms with Gasteiger partial charge >= 0.3 is 0 Å². The minimum atomic E-state index is 0.0863. The predicted molar refractivity (Wildman–Crippen MR) is 110 cm³/mol. The maximum atomic E-state index is 6.01. The van der Waals surface area contributed by atoms with Crippen LogP contribution >= 0.6 is 15.9 Å². The Morgan fingerprint density at radius 2 is 1.96 bits per heavy atom. The Labute approximate surface area is 163 Å². The zero-order valence-electron chi connectivity index (χ0n) is 15.4. The van der Waals surface area contributed by atoms with E-state index in [4.69, 9.17) is 9.47 Å². The molecule has 2 N–H and O–H groups in total. The van der Waals surface area contributed by atoms with E-state index < -0.39 is 0 Å². The van der Waals surface area contributed by atoms with Crippen molar-refractivity contribution < 1.29 is 9.47 Å². The summed E-state index contributed by atoms with van der Waals surface area (Å²) in [5.41, 5.74) is 3.60. The number of nitrogens with one attached hydrogen (secondary N) is 2. The SMILES string of the molecule is COc1ccc(Br)c(CNCCc2c[nH]c3ccccc23)c1OC(C)C. The normalized spacial score (nSPS) is 11.3. The van der Waals surface area contributed by atoms with Gasteiger partial charge in [0.05, 0.1) is 13.2 Å². The molecule has 5 heteroatoms. The summed E-state index contributed by atoms with van der Waals surface area (Å²) in [5, 5.41) is 4.82. The maximum Gasteiger partial charge on any atom is 0.167 e. The maximum absolute atomic E-state index is 6.01. The Morgan fingerprint density at radius 3 is 2.73 bits per heavy atom. The fourth-order valence-corrected chi connectivity index (χ4v) is 3.50. The van der Waals surface area contributed by atoms with E-state index in [0.29, 0.717) is 6.54 Å². The Balaban J connectivity index is 1.67. The number of benzene rings is 2. The lowest BCUT2D eigenvalue weighted by atomic mass is 10.1. The van der Waals surface area contributed by atoms with Crippen molar-refractivity contribution in [3.63, 3.8) is 0 Å². The van der Waals surface area contributed by atoms with Gasteiger partial charge in [0.25, 0.3) is 0 Å². The van der Waals surface area contributed by atoms with E-state index >= 15 is 0 Å². The minimum absolute atomic E-state index is 0.0863. The zero-order valence-corrected chi connectivity index (χ0v) is 17.0. The number of para-hydroxylation sites is 1. The standard InChI is InChI=1S/C21H25BrN2O2/c1-14(2)26-21-17(18(22)8-9-20(21)25-3)13-23-11-10-15-12-24-19-7-5-4-6-16(15)19/h4-9,12,14,23-24H,10-11,13H2,1-3H3. The zero-order chi connectivity index (χ0) is 18.5. The van der Waals surface area contributed by atoms with Crippen LogP contribution < -0.4 is 14.8 Å². The van der Waals surface area contributed by atoms with Crippen LogP contribution in [0, 0.1) is 0 Å². The smallest absolute Gasteiger partial charge is 0.167 e. The molecule has 138 valence electrons. The third-order valence-corrected chi connectivity index (χ3v) is 5.03. The number of fused-ring (bicyclic) bond motifs is 1. The molecule has 0 unspecified atom stereocenters. The van der Waals surface area contributed by atoms with Gasteiger partial charge in [-0.05, 0) is 50.6 Å². The lowest BCUT2D eigenvalue weighted by Crippen LogP contribution is -2.18.